The van der Waals surface area contributed by atoms with E-state index < -0.39 is 9.84 Å². The minimum atomic E-state index is -2.81. The van der Waals surface area contributed by atoms with E-state index in [0.29, 0.717) is 11.2 Å². The molecule has 1 heterocycles. The van der Waals surface area contributed by atoms with Crippen LogP contribution < -0.4 is 0 Å². The molecule has 0 bridgehead atoms. The van der Waals surface area contributed by atoms with E-state index in [1.165, 1.54) is 19.1 Å². The van der Waals surface area contributed by atoms with Crippen molar-refractivity contribution in [2.75, 3.05) is 31.6 Å². The van der Waals surface area contributed by atoms with Crippen LogP contribution in [0.25, 0.3) is 0 Å². The zero-order chi connectivity index (χ0) is 13.6. The first-order valence-electron chi connectivity index (χ1n) is 7.05. The Morgan fingerprint density at radius 1 is 1.11 bits per heavy atom. The number of fused-ring (bicyclic) bond motifs is 1. The summed E-state index contributed by atoms with van der Waals surface area (Å²) in [4.78, 5) is 2.36. The summed E-state index contributed by atoms with van der Waals surface area (Å²) in [6, 6.07) is 0. The molecule has 1 aliphatic heterocycles. The van der Waals surface area contributed by atoms with E-state index in [-0.39, 0.29) is 0 Å². The second kappa shape index (κ2) is 4.78. The summed E-state index contributed by atoms with van der Waals surface area (Å²) in [5.41, 5.74) is 0.432. The molecule has 2 atom stereocenters. The van der Waals surface area contributed by atoms with Crippen molar-refractivity contribution in [1.82, 2.24) is 4.90 Å². The third-order valence-corrected chi connectivity index (χ3v) is 5.75. The highest BCUT2D eigenvalue weighted by Crippen LogP contribution is 2.48. The first-order chi connectivity index (χ1) is 8.15. The standard InChI is InChI=1S/C14H27NO2S/c1-14(2,3)13-7-11-9-15(10-12(11)8-13)5-6-18(4,16)17/h11-13H,5-10H2,1-4H3. The van der Waals surface area contributed by atoms with E-state index >= 15 is 0 Å². The summed E-state index contributed by atoms with van der Waals surface area (Å²) >= 11 is 0. The maximum Gasteiger partial charge on any atom is 0.148 e. The zero-order valence-electron chi connectivity index (χ0n) is 12.1. The Hall–Kier alpha value is -0.0900. The largest absolute Gasteiger partial charge is 0.302 e. The van der Waals surface area contributed by atoms with Gasteiger partial charge < -0.3 is 4.90 Å². The predicted octanol–water partition coefficient (Wildman–Crippen LogP) is 2.04. The van der Waals surface area contributed by atoms with Crippen LogP contribution in [0.4, 0.5) is 0 Å². The van der Waals surface area contributed by atoms with Gasteiger partial charge in [-0.2, -0.15) is 0 Å². The molecule has 1 saturated heterocycles. The molecule has 1 aliphatic carbocycles. The quantitative estimate of drug-likeness (QED) is 0.789. The first-order valence-corrected chi connectivity index (χ1v) is 9.11. The summed E-state index contributed by atoms with van der Waals surface area (Å²) in [6.07, 6.45) is 4.01. The van der Waals surface area contributed by atoms with Crippen LogP contribution in [0.15, 0.2) is 0 Å². The highest BCUT2D eigenvalue weighted by molar-refractivity contribution is 7.90. The second-order valence-electron chi connectivity index (χ2n) is 7.44. The minimum absolute atomic E-state index is 0.315. The molecule has 0 aromatic heterocycles. The summed E-state index contributed by atoms with van der Waals surface area (Å²) in [5, 5.41) is 0. The number of hydrogen-bond donors (Lipinski definition) is 0. The third kappa shape index (κ3) is 3.47. The molecule has 0 N–H and O–H groups in total. The average molecular weight is 273 g/mol. The molecule has 2 rings (SSSR count). The van der Waals surface area contributed by atoms with Crippen molar-refractivity contribution in [3.8, 4) is 0 Å². The van der Waals surface area contributed by atoms with E-state index in [1.54, 1.807) is 0 Å². The number of hydrogen-bond acceptors (Lipinski definition) is 3. The van der Waals surface area contributed by atoms with Gasteiger partial charge in [0.15, 0.2) is 0 Å². The van der Waals surface area contributed by atoms with Gasteiger partial charge in [-0.15, -0.1) is 0 Å². The smallest absolute Gasteiger partial charge is 0.148 e. The monoisotopic (exact) mass is 273 g/mol. The van der Waals surface area contributed by atoms with Crippen molar-refractivity contribution < 1.29 is 8.42 Å². The van der Waals surface area contributed by atoms with Crippen molar-refractivity contribution in [3.05, 3.63) is 0 Å². The van der Waals surface area contributed by atoms with Crippen LogP contribution in [-0.2, 0) is 9.84 Å². The maximum absolute atomic E-state index is 11.2. The van der Waals surface area contributed by atoms with Crippen LogP contribution in [0, 0.1) is 23.2 Å². The molecular formula is C14H27NO2S. The van der Waals surface area contributed by atoms with Crippen LogP contribution in [-0.4, -0.2) is 45.0 Å². The minimum Gasteiger partial charge on any atom is -0.302 e. The Balaban J connectivity index is 1.83. The van der Waals surface area contributed by atoms with Gasteiger partial charge in [0, 0.05) is 25.9 Å². The summed E-state index contributed by atoms with van der Waals surface area (Å²) in [6.45, 7) is 10.0. The van der Waals surface area contributed by atoms with Crippen LogP contribution in [0.2, 0.25) is 0 Å². The van der Waals surface area contributed by atoms with Crippen LogP contribution >= 0.6 is 0 Å². The fraction of sp³-hybridized carbons (Fsp3) is 1.00. The van der Waals surface area contributed by atoms with Crippen molar-refractivity contribution in [3.63, 3.8) is 0 Å². The zero-order valence-corrected chi connectivity index (χ0v) is 13.0. The Kier molecular flexibility index (Phi) is 3.81. The van der Waals surface area contributed by atoms with Gasteiger partial charge in [0.05, 0.1) is 5.75 Å². The van der Waals surface area contributed by atoms with Crippen LogP contribution in [0.3, 0.4) is 0 Å². The fourth-order valence-corrected chi connectivity index (χ4v) is 4.17. The first kappa shape index (κ1) is 14.3. The van der Waals surface area contributed by atoms with E-state index in [9.17, 15) is 8.42 Å². The molecule has 0 radical (unpaired) electrons. The molecule has 0 aromatic carbocycles. The number of rotatable bonds is 3. The van der Waals surface area contributed by atoms with Gasteiger partial charge in [0.1, 0.15) is 9.84 Å². The topological polar surface area (TPSA) is 37.4 Å². The molecule has 0 aromatic rings. The molecule has 2 aliphatic rings. The van der Waals surface area contributed by atoms with Crippen LogP contribution in [0.1, 0.15) is 33.6 Å². The van der Waals surface area contributed by atoms with Gasteiger partial charge in [0.25, 0.3) is 0 Å². The molecule has 106 valence electrons. The fourth-order valence-electron chi connectivity index (χ4n) is 3.58. The Bertz CT molecular complexity index is 383. The van der Waals surface area contributed by atoms with E-state index in [4.69, 9.17) is 0 Å². The van der Waals surface area contributed by atoms with Gasteiger partial charge in [0.2, 0.25) is 0 Å². The van der Waals surface area contributed by atoms with Gasteiger partial charge >= 0.3 is 0 Å². The Labute approximate surface area is 112 Å². The van der Waals surface area contributed by atoms with Crippen molar-refractivity contribution in [2.45, 2.75) is 33.6 Å². The lowest BCUT2D eigenvalue weighted by atomic mass is 9.79. The lowest BCUT2D eigenvalue weighted by Gasteiger charge is -2.28. The molecule has 2 unspecified atom stereocenters. The van der Waals surface area contributed by atoms with Crippen molar-refractivity contribution in [2.24, 2.45) is 23.2 Å². The predicted molar refractivity (Wildman–Crippen MR) is 75.3 cm³/mol. The highest BCUT2D eigenvalue weighted by atomic mass is 32.2. The molecule has 2 fully saturated rings. The van der Waals surface area contributed by atoms with E-state index in [1.807, 2.05) is 0 Å². The van der Waals surface area contributed by atoms with Gasteiger partial charge in [-0.25, -0.2) is 8.42 Å². The third-order valence-electron chi connectivity index (χ3n) is 4.83. The highest BCUT2D eigenvalue weighted by Gasteiger charge is 2.44. The van der Waals surface area contributed by atoms with Gasteiger partial charge in [-0.05, 0) is 36.0 Å². The number of sulfone groups is 1. The van der Waals surface area contributed by atoms with Gasteiger partial charge in [-0.3, -0.25) is 0 Å². The lowest BCUT2D eigenvalue weighted by Crippen LogP contribution is -2.29. The SMILES string of the molecule is CC(C)(C)C1CC2CN(CCS(C)(=O)=O)CC2C1. The summed E-state index contributed by atoms with van der Waals surface area (Å²) < 4.78 is 22.4. The molecule has 18 heavy (non-hydrogen) atoms. The summed E-state index contributed by atoms with van der Waals surface area (Å²) in [7, 11) is -2.81. The molecular weight excluding hydrogens is 246 g/mol. The summed E-state index contributed by atoms with van der Waals surface area (Å²) in [5.74, 6) is 2.79. The molecule has 4 heteroatoms. The van der Waals surface area contributed by atoms with Gasteiger partial charge in [-0.1, -0.05) is 20.8 Å². The normalized spacial score (nSPS) is 33.9. The molecule has 1 saturated carbocycles. The lowest BCUT2D eigenvalue weighted by molar-refractivity contribution is 0.214. The molecule has 0 spiro atoms. The second-order valence-corrected chi connectivity index (χ2v) is 9.70. The number of nitrogens with zero attached hydrogens (tertiary/aromatic N) is 1. The van der Waals surface area contributed by atoms with Crippen LogP contribution in [0.5, 0.6) is 0 Å². The average Bonchev–Trinajstić information content (AvgIpc) is 2.68. The Morgan fingerprint density at radius 2 is 1.61 bits per heavy atom. The Morgan fingerprint density at radius 3 is 2.00 bits per heavy atom. The van der Waals surface area contributed by atoms with E-state index in [2.05, 4.69) is 25.7 Å². The maximum atomic E-state index is 11.2. The molecule has 0 amide bonds. The number of likely N-dealkylation sites (tertiary alicyclic amines) is 1. The van der Waals surface area contributed by atoms with Crippen molar-refractivity contribution in [1.29, 1.82) is 0 Å². The van der Waals surface area contributed by atoms with Crippen molar-refractivity contribution >= 4 is 9.84 Å². The van der Waals surface area contributed by atoms with E-state index in [0.717, 1.165) is 37.4 Å². The molecule has 3 nitrogen and oxygen atoms in total.